The zero-order valence-corrected chi connectivity index (χ0v) is 14.5. The van der Waals surface area contributed by atoms with Gasteiger partial charge in [-0.25, -0.2) is 0 Å². The number of carbonyl (C=O) groups is 1. The fourth-order valence-corrected chi connectivity index (χ4v) is 3.33. The Hall–Kier alpha value is -2.26. The minimum absolute atomic E-state index is 0.335. The van der Waals surface area contributed by atoms with Crippen LogP contribution in [0.3, 0.4) is 0 Å². The first-order valence-electron chi connectivity index (χ1n) is 7.94. The molecule has 0 bridgehead atoms. The normalized spacial score (nSPS) is 14.0. The molecular weight excluding hydrogens is 324 g/mol. The molecule has 0 saturated carbocycles. The van der Waals surface area contributed by atoms with Crippen LogP contribution in [0.2, 0.25) is 5.02 Å². The Kier molecular flexibility index (Phi) is 4.91. The number of ether oxygens (including phenoxy) is 2. The smallest absolute Gasteiger partial charge is 0.308 e. The van der Waals surface area contributed by atoms with E-state index in [9.17, 15) is 4.79 Å². The van der Waals surface area contributed by atoms with Crippen molar-refractivity contribution in [1.29, 1.82) is 0 Å². The highest BCUT2D eigenvalue weighted by Crippen LogP contribution is 2.39. The number of methoxy groups -OCH3 is 1. The van der Waals surface area contributed by atoms with Gasteiger partial charge in [0.1, 0.15) is 11.5 Å². The molecule has 3 nitrogen and oxygen atoms in total. The number of hydrogen-bond acceptors (Lipinski definition) is 3. The molecule has 0 radical (unpaired) electrons. The zero-order valence-electron chi connectivity index (χ0n) is 13.8. The average Bonchev–Trinajstić information content (AvgIpc) is 2.74. The second kappa shape index (κ2) is 7.10. The highest BCUT2D eigenvalue weighted by molar-refractivity contribution is 6.32. The summed E-state index contributed by atoms with van der Waals surface area (Å²) in [5, 5.41) is 0.661. The van der Waals surface area contributed by atoms with Gasteiger partial charge in [-0.2, -0.15) is 0 Å². The van der Waals surface area contributed by atoms with Gasteiger partial charge >= 0.3 is 5.97 Å². The molecule has 0 spiro atoms. The number of fused-ring (bicyclic) bond motifs is 1. The summed E-state index contributed by atoms with van der Waals surface area (Å²) in [7, 11) is 1.65. The zero-order chi connectivity index (χ0) is 17.1. The van der Waals surface area contributed by atoms with Crippen molar-refractivity contribution < 1.29 is 14.3 Å². The van der Waals surface area contributed by atoms with Crippen molar-refractivity contribution in [2.75, 3.05) is 7.11 Å². The Morgan fingerprint density at radius 3 is 2.58 bits per heavy atom. The largest absolute Gasteiger partial charge is 0.497 e. The van der Waals surface area contributed by atoms with Gasteiger partial charge in [0.2, 0.25) is 0 Å². The molecular formula is C20H19ClO3. The van der Waals surface area contributed by atoms with E-state index in [0.717, 1.165) is 47.3 Å². The van der Waals surface area contributed by atoms with Crippen LogP contribution in [0, 0.1) is 0 Å². The number of hydrogen-bond donors (Lipinski definition) is 0. The van der Waals surface area contributed by atoms with Crippen molar-refractivity contribution in [2.45, 2.75) is 26.2 Å². The maximum Gasteiger partial charge on any atom is 0.308 e. The van der Waals surface area contributed by atoms with Gasteiger partial charge in [-0.1, -0.05) is 29.8 Å². The molecule has 124 valence electrons. The quantitative estimate of drug-likeness (QED) is 0.726. The maximum atomic E-state index is 11.7. The second-order valence-corrected chi connectivity index (χ2v) is 6.16. The standard InChI is InChI=1S/C20H19ClO3/c1-13(22)24-20-16-11-10-15(23-2)12-14(16)6-5-8-18(20)17-7-3-4-9-19(17)21/h3-4,7,9-12H,5-6,8H2,1-2H3. The van der Waals surface area contributed by atoms with Gasteiger partial charge in [0.25, 0.3) is 0 Å². The Bertz CT molecular complexity index is 808. The third kappa shape index (κ3) is 3.31. The SMILES string of the molecule is COc1ccc2c(c1)CCCC(c1ccccc1Cl)=C2OC(C)=O. The summed E-state index contributed by atoms with van der Waals surface area (Å²) in [6.07, 6.45) is 2.64. The Labute approximate surface area is 146 Å². The number of halogens is 1. The summed E-state index contributed by atoms with van der Waals surface area (Å²) >= 11 is 6.39. The fourth-order valence-electron chi connectivity index (χ4n) is 3.08. The van der Waals surface area contributed by atoms with E-state index in [0.29, 0.717) is 10.8 Å². The Balaban J connectivity index is 2.22. The molecule has 0 unspecified atom stereocenters. The lowest BCUT2D eigenvalue weighted by Crippen LogP contribution is -2.03. The van der Waals surface area contributed by atoms with E-state index in [1.807, 2.05) is 42.5 Å². The third-order valence-electron chi connectivity index (χ3n) is 4.15. The molecule has 0 atom stereocenters. The van der Waals surface area contributed by atoms with E-state index in [1.54, 1.807) is 7.11 Å². The van der Waals surface area contributed by atoms with Crippen molar-refractivity contribution in [3.05, 3.63) is 64.2 Å². The first-order valence-corrected chi connectivity index (χ1v) is 8.31. The van der Waals surface area contributed by atoms with Gasteiger partial charge in [0, 0.05) is 23.1 Å². The van der Waals surface area contributed by atoms with Gasteiger partial charge in [-0.15, -0.1) is 0 Å². The maximum absolute atomic E-state index is 11.7. The molecule has 1 aliphatic rings. The number of benzene rings is 2. The molecule has 2 aromatic rings. The summed E-state index contributed by atoms with van der Waals surface area (Å²) in [4.78, 5) is 11.7. The van der Waals surface area contributed by atoms with Crippen molar-refractivity contribution >= 4 is 28.9 Å². The molecule has 0 aliphatic heterocycles. The van der Waals surface area contributed by atoms with Gasteiger partial charge < -0.3 is 9.47 Å². The third-order valence-corrected chi connectivity index (χ3v) is 4.48. The van der Waals surface area contributed by atoms with Crippen molar-refractivity contribution in [2.24, 2.45) is 0 Å². The lowest BCUT2D eigenvalue weighted by Gasteiger charge is -2.16. The predicted molar refractivity (Wildman–Crippen MR) is 96.0 cm³/mol. The van der Waals surface area contributed by atoms with Crippen LogP contribution in [0.25, 0.3) is 11.3 Å². The summed E-state index contributed by atoms with van der Waals surface area (Å²) in [5.74, 6) is 1.07. The molecule has 3 rings (SSSR count). The van der Waals surface area contributed by atoms with Crippen LogP contribution in [-0.4, -0.2) is 13.1 Å². The summed E-state index contributed by atoms with van der Waals surface area (Å²) in [6.45, 7) is 1.42. The van der Waals surface area contributed by atoms with Gasteiger partial charge in [-0.05, 0) is 54.7 Å². The second-order valence-electron chi connectivity index (χ2n) is 5.76. The number of esters is 1. The Morgan fingerprint density at radius 2 is 1.88 bits per heavy atom. The van der Waals surface area contributed by atoms with Crippen LogP contribution in [0.1, 0.15) is 36.5 Å². The van der Waals surface area contributed by atoms with Crippen LogP contribution in [0.15, 0.2) is 42.5 Å². The Morgan fingerprint density at radius 1 is 1.08 bits per heavy atom. The number of carbonyl (C=O) groups excluding carboxylic acids is 1. The lowest BCUT2D eigenvalue weighted by atomic mass is 9.98. The minimum atomic E-state index is -0.335. The highest BCUT2D eigenvalue weighted by Gasteiger charge is 2.23. The lowest BCUT2D eigenvalue weighted by molar-refractivity contribution is -0.134. The molecule has 0 aromatic heterocycles. The molecule has 1 aliphatic carbocycles. The van der Waals surface area contributed by atoms with Crippen LogP contribution in [0.5, 0.6) is 5.75 Å². The van der Waals surface area contributed by atoms with Crippen molar-refractivity contribution in [3.8, 4) is 5.75 Å². The average molecular weight is 343 g/mol. The minimum Gasteiger partial charge on any atom is -0.497 e. The molecule has 0 fully saturated rings. The molecule has 4 heteroatoms. The van der Waals surface area contributed by atoms with E-state index in [1.165, 1.54) is 6.92 Å². The monoisotopic (exact) mass is 342 g/mol. The summed E-state index contributed by atoms with van der Waals surface area (Å²) in [6, 6.07) is 13.5. The van der Waals surface area contributed by atoms with Gasteiger partial charge in [0.15, 0.2) is 0 Å². The van der Waals surface area contributed by atoms with Crippen molar-refractivity contribution in [3.63, 3.8) is 0 Å². The van der Waals surface area contributed by atoms with Crippen LogP contribution in [0.4, 0.5) is 0 Å². The van der Waals surface area contributed by atoms with Crippen LogP contribution < -0.4 is 4.74 Å². The number of allylic oxidation sites excluding steroid dienone is 1. The van der Waals surface area contributed by atoms with Gasteiger partial charge in [0.05, 0.1) is 7.11 Å². The van der Waals surface area contributed by atoms with E-state index in [4.69, 9.17) is 21.1 Å². The molecule has 0 amide bonds. The van der Waals surface area contributed by atoms with E-state index < -0.39 is 0 Å². The van der Waals surface area contributed by atoms with Crippen LogP contribution in [-0.2, 0) is 16.0 Å². The summed E-state index contributed by atoms with van der Waals surface area (Å²) in [5.41, 5.74) is 3.94. The van der Waals surface area contributed by atoms with Crippen molar-refractivity contribution in [1.82, 2.24) is 0 Å². The van der Waals surface area contributed by atoms with E-state index in [-0.39, 0.29) is 5.97 Å². The van der Waals surface area contributed by atoms with E-state index >= 15 is 0 Å². The molecule has 0 saturated heterocycles. The fraction of sp³-hybridized carbons (Fsp3) is 0.250. The molecule has 24 heavy (non-hydrogen) atoms. The topological polar surface area (TPSA) is 35.5 Å². The molecule has 2 aromatic carbocycles. The highest BCUT2D eigenvalue weighted by atomic mass is 35.5. The number of rotatable bonds is 3. The first-order chi connectivity index (χ1) is 11.6. The first kappa shape index (κ1) is 16.6. The van der Waals surface area contributed by atoms with Crippen LogP contribution >= 0.6 is 11.6 Å². The van der Waals surface area contributed by atoms with Gasteiger partial charge in [-0.3, -0.25) is 4.79 Å². The molecule has 0 N–H and O–H groups in total. The summed E-state index contributed by atoms with van der Waals surface area (Å²) < 4.78 is 11.0. The van der Waals surface area contributed by atoms with E-state index in [2.05, 4.69) is 0 Å². The number of aryl methyl sites for hydroxylation is 1. The molecule has 0 heterocycles. The predicted octanol–water partition coefficient (Wildman–Crippen LogP) is 5.12.